The van der Waals surface area contributed by atoms with Gasteiger partial charge in [0.1, 0.15) is 0 Å². The number of aliphatic hydroxyl groups excluding tert-OH is 2. The summed E-state index contributed by atoms with van der Waals surface area (Å²) in [6, 6.07) is 0. The highest BCUT2D eigenvalue weighted by molar-refractivity contribution is 8.76. The summed E-state index contributed by atoms with van der Waals surface area (Å²) in [6.07, 6.45) is -0.301. The first-order valence-corrected chi connectivity index (χ1v) is 7.35. The second-order valence-electron chi connectivity index (χ2n) is 2.96. The van der Waals surface area contributed by atoms with E-state index in [1.165, 1.54) is 28.5 Å². The number of rotatable bonds is 8. The predicted molar refractivity (Wildman–Crippen MR) is 68.2 cm³/mol. The molecule has 0 aromatic heterocycles. The minimum Gasteiger partial charge on any atom is -0.481 e. The molecule has 0 fully saturated rings. The van der Waals surface area contributed by atoms with E-state index in [2.05, 4.69) is 0 Å². The van der Waals surface area contributed by atoms with Crippen LogP contribution in [-0.4, -0.2) is 56.6 Å². The predicted octanol–water partition coefficient (Wildman–Crippen LogP) is 0.677. The van der Waals surface area contributed by atoms with Crippen molar-refractivity contribution in [2.45, 2.75) is 25.9 Å². The van der Waals surface area contributed by atoms with E-state index in [-0.39, 0.29) is 19.4 Å². The van der Waals surface area contributed by atoms with Crippen LogP contribution in [0.25, 0.3) is 0 Å². The van der Waals surface area contributed by atoms with Crippen molar-refractivity contribution in [1.82, 2.24) is 0 Å². The normalized spacial score (nSPS) is 11.2. The Morgan fingerprint density at radius 2 is 1.35 bits per heavy atom. The first-order chi connectivity index (χ1) is 7.90. The van der Waals surface area contributed by atoms with Crippen molar-refractivity contribution in [3.8, 4) is 0 Å². The highest BCUT2D eigenvalue weighted by Crippen LogP contribution is 2.22. The Bertz CT molecular complexity index is 192. The third-order valence-electron chi connectivity index (χ3n) is 1.15. The summed E-state index contributed by atoms with van der Waals surface area (Å²) < 4.78 is 0. The molecule has 0 aliphatic heterocycles. The molecule has 0 aliphatic rings. The van der Waals surface area contributed by atoms with Gasteiger partial charge in [-0.3, -0.25) is 9.59 Å². The average molecular weight is 286 g/mol. The molecule has 0 heterocycles. The summed E-state index contributed by atoms with van der Waals surface area (Å²) in [6.45, 7) is 1.39. The molecule has 0 aromatic carbocycles. The van der Waals surface area contributed by atoms with Crippen molar-refractivity contribution >= 4 is 33.5 Å². The van der Waals surface area contributed by atoms with Crippen molar-refractivity contribution in [1.29, 1.82) is 0 Å². The molecule has 0 radical (unpaired) electrons. The molecular formula is C9H18O6S2. The minimum absolute atomic E-state index is 0.130. The molecule has 6 nitrogen and oxygen atoms in total. The zero-order chi connectivity index (χ0) is 13.7. The number of carbonyl (C=O) groups is 2. The molecule has 0 bridgehead atoms. The Morgan fingerprint density at radius 1 is 1.06 bits per heavy atom. The topological polar surface area (TPSA) is 115 Å². The fourth-order valence-corrected chi connectivity index (χ4v) is 2.33. The Balaban J connectivity index is 0. The highest BCUT2D eigenvalue weighted by atomic mass is 33.1. The van der Waals surface area contributed by atoms with Gasteiger partial charge < -0.3 is 20.4 Å². The van der Waals surface area contributed by atoms with Gasteiger partial charge in [0.15, 0.2) is 0 Å². The van der Waals surface area contributed by atoms with Crippen LogP contribution in [0.2, 0.25) is 0 Å². The summed E-state index contributed by atoms with van der Waals surface area (Å²) >= 11 is 0. The van der Waals surface area contributed by atoms with E-state index < -0.39 is 18.0 Å². The molecular weight excluding hydrogens is 268 g/mol. The molecule has 0 saturated carbocycles. The zero-order valence-electron chi connectivity index (χ0n) is 9.53. The van der Waals surface area contributed by atoms with Crippen LogP contribution in [0, 0.1) is 0 Å². The van der Waals surface area contributed by atoms with E-state index in [0.29, 0.717) is 11.5 Å². The molecule has 102 valence electrons. The van der Waals surface area contributed by atoms with Crippen LogP contribution < -0.4 is 0 Å². The molecule has 17 heavy (non-hydrogen) atoms. The summed E-state index contributed by atoms with van der Waals surface area (Å²) in [5, 5.41) is 32.5. The maximum Gasteiger partial charge on any atom is 0.304 e. The quantitative estimate of drug-likeness (QED) is 0.380. The van der Waals surface area contributed by atoms with Crippen molar-refractivity contribution in [2.24, 2.45) is 0 Å². The number of hydrogen-bond acceptors (Lipinski definition) is 6. The Hall–Kier alpha value is -0.440. The fraction of sp³-hybridized carbons (Fsp3) is 0.778. The summed E-state index contributed by atoms with van der Waals surface area (Å²) in [5.41, 5.74) is 0. The molecule has 8 heteroatoms. The number of aliphatic hydroxyl groups is 2. The van der Waals surface area contributed by atoms with Gasteiger partial charge in [0.05, 0.1) is 25.6 Å². The number of aliphatic carboxylic acids is 2. The van der Waals surface area contributed by atoms with Crippen molar-refractivity contribution < 1.29 is 30.0 Å². The van der Waals surface area contributed by atoms with E-state index in [1.54, 1.807) is 0 Å². The van der Waals surface area contributed by atoms with E-state index >= 15 is 0 Å². The first-order valence-electron chi connectivity index (χ1n) is 4.87. The summed E-state index contributed by atoms with van der Waals surface area (Å²) in [7, 11) is 2.79. The zero-order valence-corrected chi connectivity index (χ0v) is 11.2. The third kappa shape index (κ3) is 25.7. The lowest BCUT2D eigenvalue weighted by atomic mass is 10.5. The van der Waals surface area contributed by atoms with Crippen LogP contribution in [-0.2, 0) is 9.59 Å². The number of hydrogen-bond donors (Lipinski definition) is 4. The van der Waals surface area contributed by atoms with Gasteiger partial charge in [0.2, 0.25) is 0 Å². The molecule has 0 amide bonds. The largest absolute Gasteiger partial charge is 0.481 e. The Labute approximate surface area is 108 Å². The molecule has 1 unspecified atom stereocenters. The van der Waals surface area contributed by atoms with Crippen LogP contribution in [0.1, 0.15) is 19.8 Å². The smallest absolute Gasteiger partial charge is 0.304 e. The monoisotopic (exact) mass is 286 g/mol. The van der Waals surface area contributed by atoms with Crippen LogP contribution in [0.4, 0.5) is 0 Å². The maximum atomic E-state index is 10.0. The molecule has 4 N–H and O–H groups in total. The molecule has 1 atom stereocenters. The first kappa shape index (κ1) is 18.9. The van der Waals surface area contributed by atoms with Gasteiger partial charge in [-0.05, 0) is 6.92 Å². The van der Waals surface area contributed by atoms with E-state index in [4.69, 9.17) is 20.4 Å². The van der Waals surface area contributed by atoms with Crippen molar-refractivity contribution in [2.75, 3.05) is 18.1 Å². The lowest BCUT2D eigenvalue weighted by Gasteiger charge is -1.95. The average Bonchev–Trinajstić information content (AvgIpc) is 2.23. The van der Waals surface area contributed by atoms with Gasteiger partial charge in [-0.25, -0.2) is 0 Å². The number of carboxylic acid groups (broad SMARTS) is 2. The second-order valence-corrected chi connectivity index (χ2v) is 5.67. The van der Waals surface area contributed by atoms with Gasteiger partial charge in [0.25, 0.3) is 0 Å². The highest BCUT2D eigenvalue weighted by Gasteiger charge is 1.99. The lowest BCUT2D eigenvalue weighted by molar-refractivity contribution is -0.137. The van der Waals surface area contributed by atoms with Crippen LogP contribution in [0.15, 0.2) is 0 Å². The van der Waals surface area contributed by atoms with Gasteiger partial charge >= 0.3 is 11.9 Å². The standard InChI is InChI=1S/C6H10O4S2.C3H8O2/c7-5(8)1-3-11-12-4-2-6(9)10;1-3(5)2-4/h1-4H2,(H,7,8)(H,9,10);3-5H,2H2,1H3. The van der Waals surface area contributed by atoms with Crippen molar-refractivity contribution in [3.63, 3.8) is 0 Å². The van der Waals surface area contributed by atoms with Crippen LogP contribution in [0.5, 0.6) is 0 Å². The maximum absolute atomic E-state index is 10.0. The van der Waals surface area contributed by atoms with Gasteiger partial charge in [0, 0.05) is 11.5 Å². The molecule has 0 saturated heterocycles. The Morgan fingerprint density at radius 3 is 1.53 bits per heavy atom. The summed E-state index contributed by atoms with van der Waals surface area (Å²) in [4.78, 5) is 20.0. The molecule has 0 spiro atoms. The number of carboxylic acids is 2. The fourth-order valence-electron chi connectivity index (χ4n) is 0.376. The van der Waals surface area contributed by atoms with Gasteiger partial charge in [-0.1, -0.05) is 21.6 Å². The van der Waals surface area contributed by atoms with Gasteiger partial charge in [-0.15, -0.1) is 0 Å². The van der Waals surface area contributed by atoms with Crippen LogP contribution >= 0.6 is 21.6 Å². The Kier molecular flexibility index (Phi) is 15.2. The molecule has 0 aromatic rings. The molecule has 0 rings (SSSR count). The SMILES string of the molecule is CC(O)CO.O=C(O)CCSSCCC(=O)O. The van der Waals surface area contributed by atoms with Crippen LogP contribution in [0.3, 0.4) is 0 Å². The molecule has 0 aliphatic carbocycles. The second kappa shape index (κ2) is 13.6. The van der Waals surface area contributed by atoms with E-state index in [9.17, 15) is 9.59 Å². The lowest BCUT2D eigenvalue weighted by Crippen LogP contribution is -2.03. The summed E-state index contributed by atoms with van der Waals surface area (Å²) in [5.74, 6) is -0.582. The van der Waals surface area contributed by atoms with E-state index in [0.717, 1.165) is 0 Å². The van der Waals surface area contributed by atoms with Gasteiger partial charge in [-0.2, -0.15) is 0 Å². The third-order valence-corrected chi connectivity index (χ3v) is 3.55. The minimum atomic E-state index is -0.818. The van der Waals surface area contributed by atoms with Crippen molar-refractivity contribution in [3.05, 3.63) is 0 Å². The van der Waals surface area contributed by atoms with E-state index in [1.807, 2.05) is 0 Å².